The van der Waals surface area contributed by atoms with Gasteiger partial charge in [0.05, 0.1) is 30.2 Å². The van der Waals surface area contributed by atoms with Gasteiger partial charge in [-0.3, -0.25) is 14.5 Å². The van der Waals surface area contributed by atoms with E-state index in [1.807, 2.05) is 26.1 Å². The molecule has 37 heavy (non-hydrogen) atoms. The Labute approximate surface area is 220 Å². The molecule has 4 rings (SSSR count). The number of nitrogens with one attached hydrogen (secondary N) is 4. The summed E-state index contributed by atoms with van der Waals surface area (Å²) in [4.78, 5) is 35.0. The SMILES string of the molecule is CCC(=O)CCCCC[C@H](NC(=O)CN1CCC2(CC1)CC2)c1ncc(C2=C/C(=C/NC)C(=N)C=C2)[nH]1. The number of amides is 1. The van der Waals surface area contributed by atoms with E-state index < -0.39 is 0 Å². The molecule has 1 aromatic rings. The Morgan fingerprint density at radius 3 is 2.68 bits per heavy atom. The lowest BCUT2D eigenvalue weighted by Gasteiger charge is -2.31. The summed E-state index contributed by atoms with van der Waals surface area (Å²) in [6.07, 6.45) is 19.2. The second-order valence-corrected chi connectivity index (χ2v) is 10.8. The molecule has 8 heteroatoms. The van der Waals surface area contributed by atoms with Gasteiger partial charge in [0.1, 0.15) is 11.6 Å². The molecule has 1 spiro atoms. The number of hydrogen-bond donors (Lipinski definition) is 4. The van der Waals surface area contributed by atoms with Gasteiger partial charge in [-0.25, -0.2) is 4.98 Å². The number of piperidine rings is 1. The van der Waals surface area contributed by atoms with Crippen LogP contribution in [0.5, 0.6) is 0 Å². The minimum absolute atomic E-state index is 0.0420. The summed E-state index contributed by atoms with van der Waals surface area (Å²) in [5.41, 5.74) is 3.66. The standard InChI is InChI=1S/C29H42N6O2/c1-3-23(36)7-5-4-6-8-25(33-27(37)20-35-15-13-29(11-12-29)14-16-35)28-32-19-26(34-28)21-9-10-24(30)22(17-21)18-31-2/h9-10,17-19,25,30-31H,3-8,11-16,20H2,1-2H3,(H,32,34)(H,33,37)/b22-18-,30-24?/t25-/m0/s1. The minimum atomic E-state index is -0.207. The number of allylic oxidation sites excluding steroid dienone is 5. The maximum atomic E-state index is 13.0. The molecule has 1 saturated carbocycles. The predicted molar refractivity (Wildman–Crippen MR) is 147 cm³/mol. The van der Waals surface area contributed by atoms with E-state index in [1.165, 1.54) is 25.7 Å². The Hall–Kier alpha value is -3.00. The zero-order valence-electron chi connectivity index (χ0n) is 22.4. The van der Waals surface area contributed by atoms with E-state index >= 15 is 0 Å². The van der Waals surface area contributed by atoms with E-state index in [1.54, 1.807) is 18.5 Å². The molecule has 0 aromatic carbocycles. The molecule has 2 aliphatic carbocycles. The first-order valence-corrected chi connectivity index (χ1v) is 13.9. The number of carbonyl (C=O) groups excluding carboxylic acids is 2. The maximum Gasteiger partial charge on any atom is 0.234 e. The zero-order chi connectivity index (χ0) is 26.3. The van der Waals surface area contributed by atoms with Crippen LogP contribution in [0.25, 0.3) is 5.57 Å². The van der Waals surface area contributed by atoms with E-state index in [0.717, 1.165) is 61.4 Å². The van der Waals surface area contributed by atoms with Crippen molar-refractivity contribution in [3.05, 3.63) is 47.7 Å². The molecule has 1 amide bonds. The molecule has 0 unspecified atom stereocenters. The quantitative estimate of drug-likeness (QED) is 0.295. The highest BCUT2D eigenvalue weighted by molar-refractivity contribution is 6.12. The number of likely N-dealkylation sites (tertiary alicyclic amines) is 1. The first kappa shape index (κ1) is 27.0. The minimum Gasteiger partial charge on any atom is -0.393 e. The van der Waals surface area contributed by atoms with Crippen LogP contribution in [0.3, 0.4) is 0 Å². The summed E-state index contributed by atoms with van der Waals surface area (Å²) in [6, 6.07) is -0.207. The van der Waals surface area contributed by atoms with Crippen LogP contribution in [0.4, 0.5) is 0 Å². The van der Waals surface area contributed by atoms with Crippen molar-refractivity contribution >= 4 is 23.0 Å². The van der Waals surface area contributed by atoms with Gasteiger partial charge in [-0.05, 0) is 69.2 Å². The Morgan fingerprint density at radius 1 is 1.19 bits per heavy atom. The summed E-state index contributed by atoms with van der Waals surface area (Å²) in [7, 11) is 1.82. The molecule has 1 aromatic heterocycles. The summed E-state index contributed by atoms with van der Waals surface area (Å²) >= 11 is 0. The molecular formula is C29H42N6O2. The lowest BCUT2D eigenvalue weighted by molar-refractivity contribution is -0.123. The van der Waals surface area contributed by atoms with Gasteiger partial charge in [-0.2, -0.15) is 0 Å². The molecule has 1 atom stereocenters. The fraction of sp³-hybridized carbons (Fsp3) is 0.586. The summed E-state index contributed by atoms with van der Waals surface area (Å²) in [5, 5.41) is 14.3. The van der Waals surface area contributed by atoms with Crippen molar-refractivity contribution in [3.8, 4) is 0 Å². The topological polar surface area (TPSA) is 114 Å². The second-order valence-electron chi connectivity index (χ2n) is 10.8. The molecule has 2 heterocycles. The predicted octanol–water partition coefficient (Wildman–Crippen LogP) is 4.45. The average Bonchev–Trinajstić information content (AvgIpc) is 3.46. The normalized spacial score (nSPS) is 20.6. The summed E-state index contributed by atoms with van der Waals surface area (Å²) in [5.74, 6) is 1.10. The molecule has 1 aliphatic heterocycles. The van der Waals surface area contributed by atoms with Crippen molar-refractivity contribution in [1.82, 2.24) is 25.5 Å². The van der Waals surface area contributed by atoms with Crippen LogP contribution < -0.4 is 10.6 Å². The summed E-state index contributed by atoms with van der Waals surface area (Å²) < 4.78 is 0. The van der Waals surface area contributed by atoms with Crippen molar-refractivity contribution in [2.75, 3.05) is 26.7 Å². The highest BCUT2D eigenvalue weighted by atomic mass is 16.2. The Bertz CT molecular complexity index is 1070. The van der Waals surface area contributed by atoms with Crippen LogP contribution in [0, 0.1) is 10.8 Å². The third kappa shape index (κ3) is 7.51. The van der Waals surface area contributed by atoms with Crippen molar-refractivity contribution in [2.45, 2.75) is 77.2 Å². The van der Waals surface area contributed by atoms with Gasteiger partial charge in [0.25, 0.3) is 0 Å². The summed E-state index contributed by atoms with van der Waals surface area (Å²) in [6.45, 7) is 4.35. The van der Waals surface area contributed by atoms with Crippen LogP contribution in [-0.2, 0) is 9.59 Å². The van der Waals surface area contributed by atoms with Crippen molar-refractivity contribution in [1.29, 1.82) is 5.41 Å². The lowest BCUT2D eigenvalue weighted by Crippen LogP contribution is -2.43. The van der Waals surface area contributed by atoms with E-state index in [2.05, 4.69) is 25.5 Å². The van der Waals surface area contributed by atoms with E-state index in [4.69, 9.17) is 5.41 Å². The van der Waals surface area contributed by atoms with Gasteiger partial charge in [0.2, 0.25) is 5.91 Å². The molecule has 0 bridgehead atoms. The number of carbonyl (C=O) groups is 2. The second kappa shape index (κ2) is 12.5. The number of rotatable bonds is 13. The van der Waals surface area contributed by atoms with Gasteiger partial charge in [0, 0.05) is 37.2 Å². The Morgan fingerprint density at radius 2 is 1.97 bits per heavy atom. The Balaban J connectivity index is 1.39. The number of hydrogen-bond acceptors (Lipinski definition) is 6. The molecular weight excluding hydrogens is 464 g/mol. The molecule has 2 fully saturated rings. The van der Waals surface area contributed by atoms with Gasteiger partial charge >= 0.3 is 0 Å². The molecule has 3 aliphatic rings. The number of aromatic nitrogens is 2. The van der Waals surface area contributed by atoms with Crippen LogP contribution in [0.15, 0.2) is 36.2 Å². The number of imidazole rings is 1. The van der Waals surface area contributed by atoms with Crippen molar-refractivity contribution in [3.63, 3.8) is 0 Å². The average molecular weight is 507 g/mol. The van der Waals surface area contributed by atoms with E-state index in [-0.39, 0.29) is 11.9 Å². The number of nitrogens with zero attached hydrogens (tertiary/aromatic N) is 2. The zero-order valence-corrected chi connectivity index (χ0v) is 22.4. The molecule has 200 valence electrons. The van der Waals surface area contributed by atoms with Crippen molar-refractivity contribution < 1.29 is 9.59 Å². The number of unbranched alkanes of at least 4 members (excludes halogenated alkanes) is 2. The van der Waals surface area contributed by atoms with Gasteiger partial charge in [-0.1, -0.05) is 25.8 Å². The Kier molecular flexibility index (Phi) is 9.14. The van der Waals surface area contributed by atoms with Crippen LogP contribution in [-0.4, -0.2) is 59.0 Å². The van der Waals surface area contributed by atoms with E-state index in [9.17, 15) is 9.59 Å². The molecule has 8 nitrogen and oxygen atoms in total. The van der Waals surface area contributed by atoms with Crippen LogP contribution >= 0.6 is 0 Å². The number of ketones is 1. The fourth-order valence-electron chi connectivity index (χ4n) is 5.27. The number of aromatic amines is 1. The number of Topliss-reactive ketones (excluding diaryl/α,β-unsaturated/α-hetero) is 1. The third-order valence-corrected chi connectivity index (χ3v) is 8.01. The van der Waals surface area contributed by atoms with Gasteiger partial charge < -0.3 is 21.0 Å². The highest BCUT2D eigenvalue weighted by Crippen LogP contribution is 2.53. The first-order chi connectivity index (χ1) is 17.9. The smallest absolute Gasteiger partial charge is 0.234 e. The monoisotopic (exact) mass is 506 g/mol. The van der Waals surface area contributed by atoms with E-state index in [0.29, 0.717) is 36.3 Å². The third-order valence-electron chi connectivity index (χ3n) is 8.01. The molecule has 0 radical (unpaired) electrons. The number of H-pyrrole nitrogens is 1. The fourth-order valence-corrected chi connectivity index (χ4v) is 5.27. The van der Waals surface area contributed by atoms with Gasteiger partial charge in [0.15, 0.2) is 0 Å². The van der Waals surface area contributed by atoms with Crippen LogP contribution in [0.1, 0.15) is 88.7 Å². The highest BCUT2D eigenvalue weighted by Gasteiger charge is 2.44. The molecule has 1 saturated heterocycles. The van der Waals surface area contributed by atoms with Gasteiger partial charge in [-0.15, -0.1) is 0 Å². The maximum absolute atomic E-state index is 13.0. The lowest BCUT2D eigenvalue weighted by atomic mass is 9.94. The molecule has 4 N–H and O–H groups in total. The van der Waals surface area contributed by atoms with Crippen LogP contribution in [0.2, 0.25) is 0 Å². The van der Waals surface area contributed by atoms with Crippen molar-refractivity contribution in [2.24, 2.45) is 5.41 Å². The first-order valence-electron chi connectivity index (χ1n) is 13.9. The largest absolute Gasteiger partial charge is 0.393 e.